The Morgan fingerprint density at radius 3 is 2.84 bits per heavy atom. The number of ether oxygens (including phenoxy) is 3. The van der Waals surface area contributed by atoms with E-state index in [0.29, 0.717) is 30.4 Å². The molecule has 2 aromatic rings. The van der Waals surface area contributed by atoms with E-state index in [0.717, 1.165) is 6.42 Å². The minimum atomic E-state index is -0.277. The number of nitrogens with one attached hydrogen (secondary N) is 1. The van der Waals surface area contributed by atoms with E-state index in [1.54, 1.807) is 19.2 Å². The standard InChI is InChI=1S/C18H24N2O5/c1-13(2)23-9-5-8-19-18(21)17-11-16(25-20-17)12-24-15-7-4-6-14(10-15)22-3/h4,6-7,10-11,13H,5,8-9,12H2,1-3H3,(H,19,21). The van der Waals surface area contributed by atoms with Gasteiger partial charge in [0.2, 0.25) is 0 Å². The average molecular weight is 348 g/mol. The summed E-state index contributed by atoms with van der Waals surface area (Å²) in [6.07, 6.45) is 0.937. The summed E-state index contributed by atoms with van der Waals surface area (Å²) in [6, 6.07) is 8.81. The number of methoxy groups -OCH3 is 1. The molecule has 1 N–H and O–H groups in total. The third kappa shape index (κ3) is 6.46. The van der Waals surface area contributed by atoms with Gasteiger partial charge in [0.15, 0.2) is 11.5 Å². The summed E-state index contributed by atoms with van der Waals surface area (Å²) >= 11 is 0. The van der Waals surface area contributed by atoms with Crippen LogP contribution in [0.2, 0.25) is 0 Å². The monoisotopic (exact) mass is 348 g/mol. The predicted molar refractivity (Wildman–Crippen MR) is 91.9 cm³/mol. The van der Waals surface area contributed by atoms with Gasteiger partial charge in [-0.1, -0.05) is 11.2 Å². The molecule has 1 heterocycles. The van der Waals surface area contributed by atoms with Crippen molar-refractivity contribution in [1.82, 2.24) is 10.5 Å². The van der Waals surface area contributed by atoms with Crippen molar-refractivity contribution in [3.63, 3.8) is 0 Å². The molecule has 1 aromatic carbocycles. The Hall–Kier alpha value is -2.54. The second-order valence-corrected chi connectivity index (χ2v) is 5.68. The first-order valence-electron chi connectivity index (χ1n) is 8.20. The lowest BCUT2D eigenvalue weighted by Crippen LogP contribution is -2.25. The Balaban J connectivity index is 1.76. The minimum Gasteiger partial charge on any atom is -0.497 e. The lowest BCUT2D eigenvalue weighted by atomic mass is 10.3. The van der Waals surface area contributed by atoms with Crippen molar-refractivity contribution in [2.24, 2.45) is 0 Å². The van der Waals surface area contributed by atoms with E-state index in [2.05, 4.69) is 10.5 Å². The van der Waals surface area contributed by atoms with Crippen molar-refractivity contribution >= 4 is 5.91 Å². The molecule has 2 rings (SSSR count). The van der Waals surface area contributed by atoms with Gasteiger partial charge in [-0.25, -0.2) is 0 Å². The van der Waals surface area contributed by atoms with Crippen LogP contribution in [-0.2, 0) is 11.3 Å². The van der Waals surface area contributed by atoms with Gasteiger partial charge in [0.05, 0.1) is 13.2 Å². The highest BCUT2D eigenvalue weighted by atomic mass is 16.5. The summed E-state index contributed by atoms with van der Waals surface area (Å²) in [5, 5.41) is 6.54. The molecule has 0 atom stereocenters. The molecule has 0 bridgehead atoms. The Bertz CT molecular complexity index is 669. The van der Waals surface area contributed by atoms with E-state index in [4.69, 9.17) is 18.7 Å². The number of aromatic nitrogens is 1. The molecule has 0 fully saturated rings. The highest BCUT2D eigenvalue weighted by Gasteiger charge is 2.12. The fourth-order valence-electron chi connectivity index (χ4n) is 2.02. The number of rotatable bonds is 10. The van der Waals surface area contributed by atoms with Gasteiger partial charge >= 0.3 is 0 Å². The van der Waals surface area contributed by atoms with Gasteiger partial charge in [-0.3, -0.25) is 4.79 Å². The number of hydrogen-bond donors (Lipinski definition) is 1. The first kappa shape index (κ1) is 18.8. The van der Waals surface area contributed by atoms with Crippen molar-refractivity contribution < 1.29 is 23.5 Å². The van der Waals surface area contributed by atoms with Gasteiger partial charge in [0, 0.05) is 25.3 Å². The molecule has 1 aromatic heterocycles. The van der Waals surface area contributed by atoms with Gasteiger partial charge in [-0.15, -0.1) is 0 Å². The Kier molecular flexibility index (Phi) is 7.28. The Morgan fingerprint density at radius 1 is 1.28 bits per heavy atom. The van der Waals surface area contributed by atoms with Gasteiger partial charge in [0.25, 0.3) is 5.91 Å². The molecule has 0 aliphatic carbocycles. The maximum atomic E-state index is 12.0. The molecule has 136 valence electrons. The van der Waals surface area contributed by atoms with Crippen LogP contribution in [0.15, 0.2) is 34.9 Å². The largest absolute Gasteiger partial charge is 0.497 e. The molecule has 7 nitrogen and oxygen atoms in total. The molecule has 0 unspecified atom stereocenters. The fourth-order valence-corrected chi connectivity index (χ4v) is 2.02. The highest BCUT2D eigenvalue weighted by molar-refractivity contribution is 5.92. The first-order valence-corrected chi connectivity index (χ1v) is 8.20. The summed E-state index contributed by atoms with van der Waals surface area (Å²) in [5.74, 6) is 1.54. The predicted octanol–water partition coefficient (Wildman–Crippen LogP) is 2.81. The lowest BCUT2D eigenvalue weighted by molar-refractivity contribution is 0.0756. The summed E-state index contributed by atoms with van der Waals surface area (Å²) in [5.41, 5.74) is 0.231. The van der Waals surface area contributed by atoms with Crippen LogP contribution in [-0.4, -0.2) is 37.4 Å². The Labute approximate surface area is 147 Å². The van der Waals surface area contributed by atoms with Crippen LogP contribution in [0.3, 0.4) is 0 Å². The van der Waals surface area contributed by atoms with E-state index < -0.39 is 0 Å². The molecule has 0 spiro atoms. The van der Waals surface area contributed by atoms with Gasteiger partial charge in [0.1, 0.15) is 18.1 Å². The summed E-state index contributed by atoms with van der Waals surface area (Å²) in [6.45, 7) is 5.26. The van der Waals surface area contributed by atoms with E-state index in [1.165, 1.54) is 0 Å². The molecule has 0 saturated heterocycles. The molecular weight excluding hydrogens is 324 g/mol. The fraction of sp³-hybridized carbons (Fsp3) is 0.444. The highest BCUT2D eigenvalue weighted by Crippen LogP contribution is 2.20. The van der Waals surface area contributed by atoms with Crippen LogP contribution in [0.25, 0.3) is 0 Å². The van der Waals surface area contributed by atoms with Crippen LogP contribution in [0, 0.1) is 0 Å². The van der Waals surface area contributed by atoms with Crippen LogP contribution in [0.1, 0.15) is 36.5 Å². The SMILES string of the molecule is COc1cccc(OCc2cc(C(=O)NCCCOC(C)C)no2)c1. The number of carbonyl (C=O) groups excluding carboxylic acids is 1. The number of nitrogens with zero attached hydrogens (tertiary/aromatic N) is 1. The maximum Gasteiger partial charge on any atom is 0.273 e. The number of hydrogen-bond acceptors (Lipinski definition) is 6. The first-order chi connectivity index (χ1) is 12.1. The molecule has 0 aliphatic heterocycles. The zero-order chi connectivity index (χ0) is 18.1. The zero-order valence-electron chi connectivity index (χ0n) is 14.8. The molecule has 1 amide bonds. The van der Waals surface area contributed by atoms with Crippen molar-refractivity contribution in [2.45, 2.75) is 33.0 Å². The van der Waals surface area contributed by atoms with Crippen LogP contribution in [0.4, 0.5) is 0 Å². The van der Waals surface area contributed by atoms with Crippen LogP contribution in [0.5, 0.6) is 11.5 Å². The summed E-state index contributed by atoms with van der Waals surface area (Å²) in [7, 11) is 1.59. The maximum absolute atomic E-state index is 12.0. The zero-order valence-corrected chi connectivity index (χ0v) is 14.8. The normalized spacial score (nSPS) is 10.7. The number of benzene rings is 1. The second kappa shape index (κ2) is 9.68. The minimum absolute atomic E-state index is 0.176. The third-order valence-corrected chi connectivity index (χ3v) is 3.27. The molecule has 0 aliphatic rings. The lowest BCUT2D eigenvalue weighted by Gasteiger charge is -2.07. The molecule has 7 heteroatoms. The van der Waals surface area contributed by atoms with E-state index >= 15 is 0 Å². The molecule has 25 heavy (non-hydrogen) atoms. The van der Waals surface area contributed by atoms with Crippen molar-refractivity contribution in [1.29, 1.82) is 0 Å². The van der Waals surface area contributed by atoms with E-state index in [1.807, 2.05) is 32.0 Å². The second-order valence-electron chi connectivity index (χ2n) is 5.68. The van der Waals surface area contributed by atoms with Gasteiger partial charge in [-0.2, -0.15) is 0 Å². The van der Waals surface area contributed by atoms with E-state index in [9.17, 15) is 4.79 Å². The number of amides is 1. The molecule has 0 saturated carbocycles. The number of carbonyl (C=O) groups is 1. The summed E-state index contributed by atoms with van der Waals surface area (Å²) < 4.78 is 21.3. The van der Waals surface area contributed by atoms with Crippen LogP contribution >= 0.6 is 0 Å². The molecular formula is C18H24N2O5. The van der Waals surface area contributed by atoms with Gasteiger partial charge < -0.3 is 24.1 Å². The Morgan fingerprint density at radius 2 is 2.08 bits per heavy atom. The van der Waals surface area contributed by atoms with Gasteiger partial charge in [-0.05, 0) is 32.4 Å². The van der Waals surface area contributed by atoms with Crippen molar-refractivity contribution in [3.8, 4) is 11.5 Å². The quantitative estimate of drug-likeness (QED) is 0.665. The van der Waals surface area contributed by atoms with Crippen LogP contribution < -0.4 is 14.8 Å². The van der Waals surface area contributed by atoms with E-state index in [-0.39, 0.29) is 24.3 Å². The third-order valence-electron chi connectivity index (χ3n) is 3.27. The topological polar surface area (TPSA) is 82.8 Å². The average Bonchev–Trinajstić information content (AvgIpc) is 3.08. The van der Waals surface area contributed by atoms with Crippen molar-refractivity contribution in [2.75, 3.05) is 20.3 Å². The summed E-state index contributed by atoms with van der Waals surface area (Å²) in [4.78, 5) is 12.0. The smallest absolute Gasteiger partial charge is 0.273 e. The van der Waals surface area contributed by atoms with Crippen molar-refractivity contribution in [3.05, 3.63) is 41.8 Å². The molecule has 0 radical (unpaired) electrons.